The Balaban J connectivity index is 1.82. The summed E-state index contributed by atoms with van der Waals surface area (Å²) in [6.45, 7) is 9.19. The molecule has 0 aromatic heterocycles. The lowest BCUT2D eigenvalue weighted by atomic mass is 10.2. The third-order valence-electron chi connectivity index (χ3n) is 4.22. The van der Waals surface area contributed by atoms with Crippen molar-refractivity contribution >= 4 is 17.6 Å². The van der Waals surface area contributed by atoms with Crippen molar-refractivity contribution < 1.29 is 23.5 Å². The Kier molecular flexibility index (Phi) is 7.15. The minimum Gasteiger partial charge on any atom is -0.451 e. The first-order chi connectivity index (χ1) is 12.4. The molecule has 1 saturated heterocycles. The summed E-state index contributed by atoms with van der Waals surface area (Å²) in [5.41, 5.74) is 0.922. The molecule has 1 fully saturated rings. The normalized spacial score (nSPS) is 16.7. The van der Waals surface area contributed by atoms with E-state index < -0.39 is 18.2 Å². The van der Waals surface area contributed by atoms with Crippen molar-refractivity contribution in [2.75, 3.05) is 37.7 Å². The first kappa shape index (κ1) is 19.9. The van der Waals surface area contributed by atoms with Crippen LogP contribution in [0.1, 0.15) is 13.8 Å². The molecule has 7 heteroatoms. The molecule has 2 rings (SSSR count). The van der Waals surface area contributed by atoms with Crippen molar-refractivity contribution in [1.29, 1.82) is 0 Å². The Labute approximate surface area is 153 Å². The van der Waals surface area contributed by atoms with Crippen molar-refractivity contribution in [3.63, 3.8) is 0 Å². The summed E-state index contributed by atoms with van der Waals surface area (Å²) in [7, 11) is 0. The lowest BCUT2D eigenvalue weighted by molar-refractivity contribution is -0.167. The highest BCUT2D eigenvalue weighted by Crippen LogP contribution is 2.17. The van der Waals surface area contributed by atoms with Gasteiger partial charge in [-0.25, -0.2) is 9.18 Å². The number of nitrogens with zero attached hydrogens (tertiary/aromatic N) is 2. The maximum atomic E-state index is 13.0. The van der Waals surface area contributed by atoms with Gasteiger partial charge in [0, 0.05) is 31.9 Å². The van der Waals surface area contributed by atoms with Gasteiger partial charge >= 0.3 is 5.97 Å². The van der Waals surface area contributed by atoms with Gasteiger partial charge in [-0.1, -0.05) is 6.08 Å². The van der Waals surface area contributed by atoms with Crippen molar-refractivity contribution in [2.45, 2.75) is 26.1 Å². The van der Waals surface area contributed by atoms with Gasteiger partial charge in [0.25, 0.3) is 5.91 Å². The third-order valence-corrected chi connectivity index (χ3v) is 4.22. The highest BCUT2D eigenvalue weighted by Gasteiger charge is 2.28. The molecule has 1 aromatic rings. The molecule has 0 aliphatic carbocycles. The molecule has 26 heavy (non-hydrogen) atoms. The largest absolute Gasteiger partial charge is 0.451 e. The molecule has 1 amide bonds. The number of amides is 1. The highest BCUT2D eigenvalue weighted by atomic mass is 19.1. The number of hydrogen-bond donors (Lipinski definition) is 0. The fraction of sp³-hybridized carbons (Fsp3) is 0.474. The number of carbonyl (C=O) groups is 2. The number of piperazine rings is 1. The average molecular weight is 364 g/mol. The maximum Gasteiger partial charge on any atom is 0.335 e. The molecule has 2 unspecified atom stereocenters. The smallest absolute Gasteiger partial charge is 0.335 e. The van der Waals surface area contributed by atoms with E-state index in [2.05, 4.69) is 11.5 Å². The lowest BCUT2D eigenvalue weighted by Gasteiger charge is -2.37. The number of rotatable bonds is 7. The van der Waals surface area contributed by atoms with E-state index in [4.69, 9.17) is 9.47 Å². The van der Waals surface area contributed by atoms with Crippen molar-refractivity contribution in [3.05, 3.63) is 42.7 Å². The van der Waals surface area contributed by atoms with Crippen LogP contribution in [0, 0.1) is 5.82 Å². The number of carbonyl (C=O) groups excluding carboxylic acids is 2. The van der Waals surface area contributed by atoms with E-state index in [-0.39, 0.29) is 18.3 Å². The van der Waals surface area contributed by atoms with E-state index in [0.717, 1.165) is 5.69 Å². The molecule has 0 spiro atoms. The van der Waals surface area contributed by atoms with E-state index in [9.17, 15) is 14.0 Å². The van der Waals surface area contributed by atoms with Gasteiger partial charge in [0.1, 0.15) is 5.82 Å². The molecular weight excluding hydrogens is 339 g/mol. The predicted octanol–water partition coefficient (Wildman–Crippen LogP) is 2.00. The summed E-state index contributed by atoms with van der Waals surface area (Å²) < 4.78 is 23.4. The van der Waals surface area contributed by atoms with E-state index in [1.807, 2.05) is 0 Å². The Bertz CT molecular complexity index is 627. The van der Waals surface area contributed by atoms with Crippen LogP contribution in [0.25, 0.3) is 0 Å². The zero-order chi connectivity index (χ0) is 19.1. The Morgan fingerprint density at radius 1 is 1.15 bits per heavy atom. The van der Waals surface area contributed by atoms with Crippen molar-refractivity contribution in [2.24, 2.45) is 0 Å². The number of benzene rings is 1. The number of ether oxygens (including phenoxy) is 2. The summed E-state index contributed by atoms with van der Waals surface area (Å²) in [4.78, 5) is 28.2. The zero-order valence-electron chi connectivity index (χ0n) is 15.2. The predicted molar refractivity (Wildman–Crippen MR) is 96.4 cm³/mol. The van der Waals surface area contributed by atoms with Crippen LogP contribution in [0.15, 0.2) is 36.9 Å². The second-order valence-corrected chi connectivity index (χ2v) is 6.13. The van der Waals surface area contributed by atoms with Gasteiger partial charge < -0.3 is 19.3 Å². The van der Waals surface area contributed by atoms with Gasteiger partial charge in [-0.05, 0) is 38.1 Å². The summed E-state index contributed by atoms with van der Waals surface area (Å²) in [6, 6.07) is 6.29. The summed E-state index contributed by atoms with van der Waals surface area (Å²) in [5.74, 6) is -1.07. The minimum atomic E-state index is -0.866. The topological polar surface area (TPSA) is 59.1 Å². The molecule has 1 aliphatic heterocycles. The fourth-order valence-electron chi connectivity index (χ4n) is 2.69. The summed E-state index contributed by atoms with van der Waals surface area (Å²) >= 11 is 0. The van der Waals surface area contributed by atoms with Crippen LogP contribution in [0.4, 0.5) is 10.1 Å². The Hall–Kier alpha value is -2.41. The molecule has 1 heterocycles. The quantitative estimate of drug-likeness (QED) is 0.547. The number of hydrogen-bond acceptors (Lipinski definition) is 5. The van der Waals surface area contributed by atoms with Crippen molar-refractivity contribution in [3.8, 4) is 0 Å². The molecule has 142 valence electrons. The van der Waals surface area contributed by atoms with Crippen LogP contribution >= 0.6 is 0 Å². The number of anilines is 1. The SMILES string of the molecule is C=CCOC(C)C(=O)OC(C)C(=O)N1CCN(c2ccc(F)cc2)CC1. The molecule has 1 aromatic carbocycles. The average Bonchev–Trinajstić information content (AvgIpc) is 2.66. The van der Waals surface area contributed by atoms with Crippen LogP contribution in [-0.2, 0) is 19.1 Å². The van der Waals surface area contributed by atoms with Gasteiger partial charge in [0.15, 0.2) is 12.2 Å². The molecule has 6 nitrogen and oxygen atoms in total. The molecule has 0 radical (unpaired) electrons. The van der Waals surface area contributed by atoms with Gasteiger partial charge in [-0.3, -0.25) is 4.79 Å². The number of halogens is 1. The number of esters is 1. The Morgan fingerprint density at radius 2 is 1.77 bits per heavy atom. The molecule has 1 aliphatic rings. The molecule has 0 saturated carbocycles. The molecule has 2 atom stereocenters. The monoisotopic (exact) mass is 364 g/mol. The molecule has 0 bridgehead atoms. The van der Waals surface area contributed by atoms with Crippen molar-refractivity contribution in [1.82, 2.24) is 4.90 Å². The van der Waals surface area contributed by atoms with Gasteiger partial charge in [-0.2, -0.15) is 0 Å². The van der Waals surface area contributed by atoms with E-state index in [0.29, 0.717) is 26.2 Å². The van der Waals surface area contributed by atoms with E-state index in [1.54, 1.807) is 37.0 Å². The summed E-state index contributed by atoms with van der Waals surface area (Å²) in [6.07, 6.45) is -0.0767. The van der Waals surface area contributed by atoms with Crippen LogP contribution in [-0.4, -0.2) is 61.8 Å². The van der Waals surface area contributed by atoms with Gasteiger partial charge in [0.2, 0.25) is 0 Å². The third kappa shape index (κ3) is 5.29. The van der Waals surface area contributed by atoms with E-state index >= 15 is 0 Å². The first-order valence-electron chi connectivity index (χ1n) is 8.64. The van der Waals surface area contributed by atoms with Crippen LogP contribution in [0.3, 0.4) is 0 Å². The first-order valence-corrected chi connectivity index (χ1v) is 8.64. The fourth-order valence-corrected chi connectivity index (χ4v) is 2.69. The van der Waals surface area contributed by atoms with Crippen LogP contribution in [0.5, 0.6) is 0 Å². The van der Waals surface area contributed by atoms with E-state index in [1.165, 1.54) is 12.1 Å². The highest BCUT2D eigenvalue weighted by molar-refractivity contribution is 5.84. The molecular formula is C19H25FN2O4. The molecule has 0 N–H and O–H groups in total. The second-order valence-electron chi connectivity index (χ2n) is 6.13. The van der Waals surface area contributed by atoms with Gasteiger partial charge in [0.05, 0.1) is 6.61 Å². The Morgan fingerprint density at radius 3 is 2.35 bits per heavy atom. The second kappa shape index (κ2) is 9.33. The van der Waals surface area contributed by atoms with Crippen LogP contribution < -0.4 is 4.90 Å². The minimum absolute atomic E-state index is 0.229. The van der Waals surface area contributed by atoms with Gasteiger partial charge in [-0.15, -0.1) is 6.58 Å². The standard InChI is InChI=1S/C19H25FN2O4/c1-4-13-25-15(3)19(24)26-14(2)18(23)22-11-9-21(10-12-22)17-7-5-16(20)6-8-17/h4-8,14-15H,1,9-13H2,2-3H3. The van der Waals surface area contributed by atoms with Crippen LogP contribution in [0.2, 0.25) is 0 Å². The summed E-state index contributed by atoms with van der Waals surface area (Å²) in [5, 5.41) is 0. The maximum absolute atomic E-state index is 13.0. The zero-order valence-corrected chi connectivity index (χ0v) is 15.2. The lowest BCUT2D eigenvalue weighted by Crippen LogP contribution is -2.52.